The van der Waals surface area contributed by atoms with Crippen molar-refractivity contribution in [3.8, 4) is 0 Å². The summed E-state index contributed by atoms with van der Waals surface area (Å²) >= 11 is 0. The number of aromatic nitrogens is 2. The van der Waals surface area contributed by atoms with Crippen LogP contribution in [0.5, 0.6) is 0 Å². The maximum absolute atomic E-state index is 4.27. The molecule has 0 amide bonds. The van der Waals surface area contributed by atoms with Gasteiger partial charge in [-0.3, -0.25) is 4.68 Å². The Morgan fingerprint density at radius 1 is 1.67 bits per heavy atom. The Balaban J connectivity index is 2.27. The predicted molar refractivity (Wildman–Crippen MR) is 47.9 cm³/mol. The Morgan fingerprint density at radius 2 is 2.42 bits per heavy atom. The van der Waals surface area contributed by atoms with Crippen LogP contribution in [0.3, 0.4) is 0 Å². The van der Waals surface area contributed by atoms with E-state index in [4.69, 9.17) is 0 Å². The zero-order valence-electron chi connectivity index (χ0n) is 7.67. The topological polar surface area (TPSA) is 29.9 Å². The van der Waals surface area contributed by atoms with E-state index in [-0.39, 0.29) is 0 Å². The molecule has 0 spiro atoms. The molecule has 1 saturated carbocycles. The summed E-state index contributed by atoms with van der Waals surface area (Å²) < 4.78 is 2.02. The highest BCUT2D eigenvalue weighted by molar-refractivity contribution is 5.25. The Labute approximate surface area is 72.8 Å². The standard InChI is InChI=1S/C9H15N3/c1-10-5-8-6-11-12(2)9(8)7-3-4-7/h6-7,10H,3-5H2,1-2H3. The smallest absolute Gasteiger partial charge is 0.0537 e. The number of nitrogens with zero attached hydrogens (tertiary/aromatic N) is 2. The lowest BCUT2D eigenvalue weighted by molar-refractivity contribution is 0.704. The fraction of sp³-hybridized carbons (Fsp3) is 0.667. The van der Waals surface area contributed by atoms with Gasteiger partial charge < -0.3 is 5.32 Å². The van der Waals surface area contributed by atoms with Gasteiger partial charge in [-0.25, -0.2) is 0 Å². The van der Waals surface area contributed by atoms with Crippen LogP contribution in [0.4, 0.5) is 0 Å². The molecule has 1 aliphatic rings. The summed E-state index contributed by atoms with van der Waals surface area (Å²) in [5.41, 5.74) is 2.80. The second-order valence-electron chi connectivity index (χ2n) is 3.48. The summed E-state index contributed by atoms with van der Waals surface area (Å²) in [5.74, 6) is 0.792. The molecule has 0 saturated heterocycles. The van der Waals surface area contributed by atoms with Crippen LogP contribution in [0.15, 0.2) is 6.20 Å². The van der Waals surface area contributed by atoms with E-state index in [1.165, 1.54) is 24.1 Å². The van der Waals surface area contributed by atoms with Gasteiger partial charge in [0.15, 0.2) is 0 Å². The van der Waals surface area contributed by atoms with E-state index in [0.717, 1.165) is 12.5 Å². The van der Waals surface area contributed by atoms with Crippen LogP contribution in [-0.2, 0) is 13.6 Å². The molecule has 0 aromatic carbocycles. The molecule has 0 atom stereocenters. The minimum Gasteiger partial charge on any atom is -0.316 e. The van der Waals surface area contributed by atoms with E-state index >= 15 is 0 Å². The molecule has 1 fully saturated rings. The predicted octanol–water partition coefficient (Wildman–Crippen LogP) is 1.02. The monoisotopic (exact) mass is 165 g/mol. The molecule has 0 radical (unpaired) electrons. The maximum atomic E-state index is 4.27. The fourth-order valence-corrected chi connectivity index (χ4v) is 1.70. The number of hydrogen-bond acceptors (Lipinski definition) is 2. The first-order valence-electron chi connectivity index (χ1n) is 4.48. The average molecular weight is 165 g/mol. The average Bonchev–Trinajstić information content (AvgIpc) is 2.80. The molecule has 1 N–H and O–H groups in total. The summed E-state index contributed by atoms with van der Waals surface area (Å²) in [6, 6.07) is 0. The molecular formula is C9H15N3. The molecular weight excluding hydrogens is 150 g/mol. The van der Waals surface area contributed by atoms with E-state index in [2.05, 4.69) is 10.4 Å². The summed E-state index contributed by atoms with van der Waals surface area (Å²) in [6.45, 7) is 0.944. The van der Waals surface area contributed by atoms with Crippen molar-refractivity contribution in [3.63, 3.8) is 0 Å². The molecule has 3 heteroatoms. The quantitative estimate of drug-likeness (QED) is 0.724. The van der Waals surface area contributed by atoms with E-state index in [1.54, 1.807) is 0 Å². The highest BCUT2D eigenvalue weighted by Gasteiger charge is 2.28. The molecule has 66 valence electrons. The molecule has 0 bridgehead atoms. The van der Waals surface area contributed by atoms with Gasteiger partial charge in [0, 0.05) is 30.8 Å². The van der Waals surface area contributed by atoms with Gasteiger partial charge in [0.1, 0.15) is 0 Å². The van der Waals surface area contributed by atoms with E-state index in [9.17, 15) is 0 Å². The summed E-state index contributed by atoms with van der Waals surface area (Å²) in [5, 5.41) is 7.44. The van der Waals surface area contributed by atoms with Crippen molar-refractivity contribution < 1.29 is 0 Å². The van der Waals surface area contributed by atoms with Gasteiger partial charge in [0.25, 0.3) is 0 Å². The Bertz CT molecular complexity index is 273. The minimum atomic E-state index is 0.792. The van der Waals surface area contributed by atoms with Crippen LogP contribution in [-0.4, -0.2) is 16.8 Å². The first kappa shape index (κ1) is 7.80. The largest absolute Gasteiger partial charge is 0.316 e. The molecule has 12 heavy (non-hydrogen) atoms. The molecule has 0 aliphatic heterocycles. The summed E-state index contributed by atoms with van der Waals surface area (Å²) in [4.78, 5) is 0. The molecule has 2 rings (SSSR count). The number of aryl methyl sites for hydroxylation is 1. The van der Waals surface area contributed by atoms with Gasteiger partial charge in [0.05, 0.1) is 6.20 Å². The molecule has 1 aliphatic carbocycles. The lowest BCUT2D eigenvalue weighted by atomic mass is 10.2. The van der Waals surface area contributed by atoms with Crippen molar-refractivity contribution in [1.29, 1.82) is 0 Å². The van der Waals surface area contributed by atoms with Crippen molar-refractivity contribution >= 4 is 0 Å². The number of rotatable bonds is 3. The molecule has 1 aromatic rings. The highest BCUT2D eigenvalue weighted by atomic mass is 15.3. The van der Waals surface area contributed by atoms with Gasteiger partial charge in [-0.2, -0.15) is 5.10 Å². The third-order valence-electron chi connectivity index (χ3n) is 2.40. The minimum absolute atomic E-state index is 0.792. The SMILES string of the molecule is CNCc1cnn(C)c1C1CC1. The van der Waals surface area contributed by atoms with Crippen molar-refractivity contribution in [2.45, 2.75) is 25.3 Å². The van der Waals surface area contributed by atoms with Crippen molar-refractivity contribution in [1.82, 2.24) is 15.1 Å². The van der Waals surface area contributed by atoms with Crippen LogP contribution < -0.4 is 5.32 Å². The van der Waals surface area contributed by atoms with Gasteiger partial charge in [-0.1, -0.05) is 0 Å². The van der Waals surface area contributed by atoms with Crippen LogP contribution in [0.1, 0.15) is 30.0 Å². The Kier molecular flexibility index (Phi) is 1.89. The second kappa shape index (κ2) is 2.90. The van der Waals surface area contributed by atoms with Crippen molar-refractivity contribution in [2.24, 2.45) is 7.05 Å². The number of nitrogens with one attached hydrogen (secondary N) is 1. The molecule has 3 nitrogen and oxygen atoms in total. The normalized spacial score (nSPS) is 16.8. The third-order valence-corrected chi connectivity index (χ3v) is 2.40. The molecule has 1 aromatic heterocycles. The third kappa shape index (κ3) is 1.25. The lowest BCUT2D eigenvalue weighted by Gasteiger charge is -2.02. The highest BCUT2D eigenvalue weighted by Crippen LogP contribution is 2.41. The fourth-order valence-electron chi connectivity index (χ4n) is 1.70. The van der Waals surface area contributed by atoms with E-state index in [1.807, 2.05) is 25.0 Å². The van der Waals surface area contributed by atoms with Crippen LogP contribution >= 0.6 is 0 Å². The Hall–Kier alpha value is -0.830. The maximum Gasteiger partial charge on any atom is 0.0537 e. The van der Waals surface area contributed by atoms with Crippen LogP contribution in [0.25, 0.3) is 0 Å². The zero-order valence-corrected chi connectivity index (χ0v) is 7.67. The van der Waals surface area contributed by atoms with Gasteiger partial charge >= 0.3 is 0 Å². The zero-order chi connectivity index (χ0) is 8.55. The number of hydrogen-bond donors (Lipinski definition) is 1. The van der Waals surface area contributed by atoms with Crippen LogP contribution in [0.2, 0.25) is 0 Å². The molecule has 0 unspecified atom stereocenters. The van der Waals surface area contributed by atoms with Gasteiger partial charge in [-0.15, -0.1) is 0 Å². The summed E-state index contributed by atoms with van der Waals surface area (Å²) in [7, 11) is 4.01. The summed E-state index contributed by atoms with van der Waals surface area (Å²) in [6.07, 6.45) is 4.66. The van der Waals surface area contributed by atoms with E-state index in [0.29, 0.717) is 0 Å². The van der Waals surface area contributed by atoms with Crippen molar-refractivity contribution in [3.05, 3.63) is 17.5 Å². The Morgan fingerprint density at radius 3 is 3.00 bits per heavy atom. The lowest BCUT2D eigenvalue weighted by Crippen LogP contribution is -2.07. The van der Waals surface area contributed by atoms with E-state index < -0.39 is 0 Å². The second-order valence-corrected chi connectivity index (χ2v) is 3.48. The first-order chi connectivity index (χ1) is 5.83. The molecule has 1 heterocycles. The van der Waals surface area contributed by atoms with Gasteiger partial charge in [0.2, 0.25) is 0 Å². The van der Waals surface area contributed by atoms with Gasteiger partial charge in [-0.05, 0) is 19.9 Å². The first-order valence-corrected chi connectivity index (χ1v) is 4.48. The van der Waals surface area contributed by atoms with Crippen molar-refractivity contribution in [2.75, 3.05) is 7.05 Å². The van der Waals surface area contributed by atoms with Crippen LogP contribution in [0, 0.1) is 0 Å².